The lowest BCUT2D eigenvalue weighted by atomic mass is 9.75. The minimum Gasteiger partial charge on any atom is -0.393 e. The van der Waals surface area contributed by atoms with Gasteiger partial charge in [0.1, 0.15) is 0 Å². The maximum absolute atomic E-state index is 11.8. The monoisotopic (exact) mass is 242 g/mol. The van der Waals surface area contributed by atoms with Gasteiger partial charge < -0.3 is 10.6 Å². The van der Waals surface area contributed by atoms with Gasteiger partial charge in [-0.3, -0.25) is 4.79 Å². The molecule has 0 unspecified atom stereocenters. The second-order valence-electron chi connectivity index (χ2n) is 5.54. The Kier molecular flexibility index (Phi) is 4.30. The summed E-state index contributed by atoms with van der Waals surface area (Å²) in [6.07, 6.45) is 4.75. The Morgan fingerprint density at radius 3 is 2.38 bits per heavy atom. The van der Waals surface area contributed by atoms with Crippen LogP contribution in [0.3, 0.4) is 0 Å². The molecular formula is C12H22N2OS. The van der Waals surface area contributed by atoms with E-state index in [2.05, 4.69) is 13.8 Å². The molecule has 1 amide bonds. The van der Waals surface area contributed by atoms with Crippen LogP contribution in [0, 0.1) is 5.41 Å². The van der Waals surface area contributed by atoms with E-state index < -0.39 is 0 Å². The maximum Gasteiger partial charge on any atom is 0.229 e. The van der Waals surface area contributed by atoms with Crippen molar-refractivity contribution in [2.75, 3.05) is 7.05 Å². The predicted octanol–water partition coefficient (Wildman–Crippen LogP) is 2.09. The van der Waals surface area contributed by atoms with Crippen LogP contribution in [0.5, 0.6) is 0 Å². The first-order valence-corrected chi connectivity index (χ1v) is 6.26. The molecule has 0 heterocycles. The Bertz CT molecular complexity index is 279. The van der Waals surface area contributed by atoms with Crippen LogP contribution in [-0.2, 0) is 4.79 Å². The Morgan fingerprint density at radius 1 is 1.44 bits per heavy atom. The number of hydrogen-bond acceptors (Lipinski definition) is 2. The van der Waals surface area contributed by atoms with Crippen molar-refractivity contribution in [2.45, 2.75) is 52.0 Å². The zero-order valence-electron chi connectivity index (χ0n) is 10.5. The fourth-order valence-electron chi connectivity index (χ4n) is 2.25. The molecule has 0 spiro atoms. The van der Waals surface area contributed by atoms with Gasteiger partial charge in [0.25, 0.3) is 0 Å². The molecule has 0 aliphatic heterocycles. The van der Waals surface area contributed by atoms with Crippen LogP contribution >= 0.6 is 12.2 Å². The zero-order chi connectivity index (χ0) is 12.3. The van der Waals surface area contributed by atoms with Crippen LogP contribution in [0.2, 0.25) is 0 Å². The number of carbonyl (C=O) groups excluding carboxylic acids is 1. The lowest BCUT2D eigenvalue weighted by Gasteiger charge is -2.38. The van der Waals surface area contributed by atoms with E-state index in [1.54, 1.807) is 0 Å². The third-order valence-electron chi connectivity index (χ3n) is 3.58. The molecule has 0 aromatic heterocycles. The third kappa shape index (κ3) is 3.74. The summed E-state index contributed by atoms with van der Waals surface area (Å²) in [5.74, 6) is 0.0530. The van der Waals surface area contributed by atoms with Gasteiger partial charge in [-0.1, -0.05) is 26.1 Å². The highest BCUT2D eigenvalue weighted by Gasteiger charge is 2.30. The van der Waals surface area contributed by atoms with E-state index in [0.717, 1.165) is 12.8 Å². The van der Waals surface area contributed by atoms with Crippen LogP contribution in [0.15, 0.2) is 0 Å². The Balaban J connectivity index is 2.47. The molecule has 2 N–H and O–H groups in total. The second kappa shape index (κ2) is 5.13. The summed E-state index contributed by atoms with van der Waals surface area (Å²) in [7, 11) is 1.86. The summed E-state index contributed by atoms with van der Waals surface area (Å²) in [5, 5.41) is 0. The summed E-state index contributed by atoms with van der Waals surface area (Å²) in [6.45, 7) is 4.58. The summed E-state index contributed by atoms with van der Waals surface area (Å²) in [4.78, 5) is 13.9. The molecule has 0 atom stereocenters. The van der Waals surface area contributed by atoms with Gasteiger partial charge in [-0.2, -0.15) is 0 Å². The summed E-state index contributed by atoms with van der Waals surface area (Å²) in [6, 6.07) is 0.370. The molecule has 1 saturated carbocycles. The Labute approximate surface area is 103 Å². The van der Waals surface area contributed by atoms with Crippen molar-refractivity contribution in [1.29, 1.82) is 0 Å². The van der Waals surface area contributed by atoms with Gasteiger partial charge in [0, 0.05) is 13.1 Å². The first-order chi connectivity index (χ1) is 7.32. The van der Waals surface area contributed by atoms with E-state index in [1.807, 2.05) is 11.9 Å². The number of nitrogens with two attached hydrogens (primary N) is 1. The minimum absolute atomic E-state index is 0.0530. The maximum atomic E-state index is 11.8. The van der Waals surface area contributed by atoms with Gasteiger partial charge in [-0.25, -0.2) is 0 Å². The van der Waals surface area contributed by atoms with Crippen molar-refractivity contribution in [2.24, 2.45) is 11.1 Å². The fourth-order valence-corrected chi connectivity index (χ4v) is 2.37. The summed E-state index contributed by atoms with van der Waals surface area (Å²) < 4.78 is 0. The van der Waals surface area contributed by atoms with Crippen LogP contribution in [0.1, 0.15) is 46.0 Å². The van der Waals surface area contributed by atoms with Crippen LogP contribution in [-0.4, -0.2) is 28.9 Å². The average molecular weight is 242 g/mol. The first-order valence-electron chi connectivity index (χ1n) is 5.86. The lowest BCUT2D eigenvalue weighted by Crippen LogP contribution is -2.41. The molecule has 1 rings (SSSR count). The van der Waals surface area contributed by atoms with Gasteiger partial charge >= 0.3 is 0 Å². The van der Waals surface area contributed by atoms with Crippen molar-refractivity contribution in [3.8, 4) is 0 Å². The van der Waals surface area contributed by atoms with E-state index >= 15 is 0 Å². The number of thiocarbonyl (C=S) groups is 1. The van der Waals surface area contributed by atoms with Gasteiger partial charge in [-0.05, 0) is 31.1 Å². The van der Waals surface area contributed by atoms with E-state index in [9.17, 15) is 4.79 Å². The lowest BCUT2D eigenvalue weighted by molar-refractivity contribution is -0.131. The largest absolute Gasteiger partial charge is 0.393 e. The number of rotatable bonds is 3. The molecule has 92 valence electrons. The van der Waals surface area contributed by atoms with Gasteiger partial charge in [0.2, 0.25) is 5.91 Å². The molecule has 1 aliphatic carbocycles. The Hall–Kier alpha value is -0.640. The first kappa shape index (κ1) is 13.4. The van der Waals surface area contributed by atoms with Crippen LogP contribution < -0.4 is 5.73 Å². The van der Waals surface area contributed by atoms with Crippen LogP contribution in [0.25, 0.3) is 0 Å². The molecule has 0 aromatic rings. The minimum atomic E-state index is 0.0530. The normalized spacial score (nSPS) is 20.4. The SMILES string of the molecule is CN(C(=O)CC(N)=S)C1CCC(C)(C)CC1. The molecule has 0 radical (unpaired) electrons. The van der Waals surface area contributed by atoms with Gasteiger partial charge in [-0.15, -0.1) is 0 Å². The smallest absolute Gasteiger partial charge is 0.229 e. The number of amides is 1. The van der Waals surface area contributed by atoms with Crippen molar-refractivity contribution in [3.63, 3.8) is 0 Å². The average Bonchev–Trinajstić information content (AvgIpc) is 2.15. The van der Waals surface area contributed by atoms with E-state index in [4.69, 9.17) is 18.0 Å². The molecule has 0 bridgehead atoms. The van der Waals surface area contributed by atoms with Crippen LogP contribution in [0.4, 0.5) is 0 Å². The number of nitrogens with zero attached hydrogens (tertiary/aromatic N) is 1. The van der Waals surface area contributed by atoms with Crippen molar-refractivity contribution in [1.82, 2.24) is 4.90 Å². The Morgan fingerprint density at radius 2 is 1.94 bits per heavy atom. The molecule has 1 fully saturated rings. The van der Waals surface area contributed by atoms with Gasteiger partial charge in [0.05, 0.1) is 11.4 Å². The van der Waals surface area contributed by atoms with E-state index in [1.165, 1.54) is 12.8 Å². The number of hydrogen-bond donors (Lipinski definition) is 1. The molecule has 0 saturated heterocycles. The zero-order valence-corrected chi connectivity index (χ0v) is 11.3. The fraction of sp³-hybridized carbons (Fsp3) is 0.833. The third-order valence-corrected chi connectivity index (χ3v) is 3.72. The highest BCUT2D eigenvalue weighted by molar-refractivity contribution is 7.80. The number of carbonyl (C=O) groups is 1. The molecule has 3 nitrogen and oxygen atoms in total. The standard InChI is InChI=1S/C12H22N2OS/c1-12(2)6-4-9(5-7-12)14(3)11(15)8-10(13)16/h9H,4-8H2,1-3H3,(H2,13,16). The topological polar surface area (TPSA) is 46.3 Å². The van der Waals surface area contributed by atoms with Crippen molar-refractivity contribution < 1.29 is 4.79 Å². The molecule has 4 heteroatoms. The van der Waals surface area contributed by atoms with Crippen molar-refractivity contribution in [3.05, 3.63) is 0 Å². The van der Waals surface area contributed by atoms with Crippen molar-refractivity contribution >= 4 is 23.1 Å². The second-order valence-corrected chi connectivity index (χ2v) is 6.07. The molecular weight excluding hydrogens is 220 g/mol. The molecule has 1 aliphatic rings. The highest BCUT2D eigenvalue weighted by Crippen LogP contribution is 2.36. The molecule has 16 heavy (non-hydrogen) atoms. The highest BCUT2D eigenvalue weighted by atomic mass is 32.1. The quantitative estimate of drug-likeness (QED) is 0.771. The summed E-state index contributed by atoms with van der Waals surface area (Å²) >= 11 is 4.76. The van der Waals surface area contributed by atoms with Gasteiger partial charge in [0.15, 0.2) is 0 Å². The predicted molar refractivity (Wildman–Crippen MR) is 70.2 cm³/mol. The summed E-state index contributed by atoms with van der Waals surface area (Å²) in [5.41, 5.74) is 5.82. The van der Waals surface area contributed by atoms with E-state index in [0.29, 0.717) is 11.5 Å². The van der Waals surface area contributed by atoms with E-state index in [-0.39, 0.29) is 17.3 Å². The molecule has 0 aromatic carbocycles.